The predicted molar refractivity (Wildman–Crippen MR) is 192 cm³/mol. The van der Waals surface area contributed by atoms with Crippen LogP contribution in [0.1, 0.15) is 22.8 Å². The maximum Gasteiger partial charge on any atom is 0.305 e. The van der Waals surface area contributed by atoms with Gasteiger partial charge in [0.2, 0.25) is 11.8 Å². The van der Waals surface area contributed by atoms with Gasteiger partial charge in [0.1, 0.15) is 5.75 Å². The highest BCUT2D eigenvalue weighted by Gasteiger charge is 2.69. The maximum absolute atomic E-state index is 14.1. The second-order valence-electron chi connectivity index (χ2n) is 13.0. The van der Waals surface area contributed by atoms with Gasteiger partial charge >= 0.3 is 4.87 Å². The van der Waals surface area contributed by atoms with Crippen molar-refractivity contribution in [3.05, 3.63) is 115 Å². The van der Waals surface area contributed by atoms with Crippen LogP contribution >= 0.6 is 46.3 Å². The minimum atomic E-state index is -0.468. The lowest BCUT2D eigenvalue weighted by Crippen LogP contribution is -2.42. The Morgan fingerprint density at radius 3 is 2.45 bits per heavy atom. The normalized spacial score (nSPS) is 26.5. The van der Waals surface area contributed by atoms with Crippen LogP contribution in [-0.4, -0.2) is 34.6 Å². The molecular weight excluding hydrogens is 701 g/mol. The molecule has 1 aromatic heterocycles. The van der Waals surface area contributed by atoms with E-state index in [2.05, 4.69) is 10.3 Å². The Hall–Kier alpha value is -4.09. The number of fused-ring (bicyclic) bond motifs is 10. The summed E-state index contributed by atoms with van der Waals surface area (Å²) in [7, 11) is 0. The van der Waals surface area contributed by atoms with Crippen molar-refractivity contribution in [3.8, 4) is 5.75 Å². The van der Waals surface area contributed by atoms with Gasteiger partial charge in [-0.15, -0.1) is 11.8 Å². The fraction of sp³-hybridized carbons (Fsp3) is 0.243. The van der Waals surface area contributed by atoms with Crippen LogP contribution in [0.2, 0.25) is 10.0 Å². The lowest BCUT2D eigenvalue weighted by molar-refractivity contribution is -0.123. The van der Waals surface area contributed by atoms with Gasteiger partial charge in [-0.2, -0.15) is 0 Å². The molecule has 8 nitrogen and oxygen atoms in total. The molecule has 2 aliphatic carbocycles. The second kappa shape index (κ2) is 11.8. The molecule has 4 aromatic carbocycles. The van der Waals surface area contributed by atoms with Gasteiger partial charge in [-0.3, -0.25) is 24.1 Å². The summed E-state index contributed by atoms with van der Waals surface area (Å²) in [6.07, 6.45) is 0.740. The molecule has 3 amide bonds. The number of aromatic amines is 1. The number of halogens is 2. The number of ether oxygens (including phenoxy) is 1. The Morgan fingerprint density at radius 1 is 0.898 bits per heavy atom. The maximum atomic E-state index is 14.1. The van der Waals surface area contributed by atoms with Crippen molar-refractivity contribution in [2.24, 2.45) is 29.6 Å². The van der Waals surface area contributed by atoms with Crippen molar-refractivity contribution in [1.82, 2.24) is 4.98 Å². The molecule has 49 heavy (non-hydrogen) atoms. The number of imide groups is 1. The number of hydrogen-bond donors (Lipinski definition) is 2. The number of nitrogens with one attached hydrogen (secondary N) is 2. The second-order valence-corrected chi connectivity index (χ2v) is 16.1. The van der Waals surface area contributed by atoms with E-state index in [1.165, 1.54) is 4.90 Å². The van der Waals surface area contributed by atoms with Gasteiger partial charge in [-0.25, -0.2) is 0 Å². The van der Waals surface area contributed by atoms with E-state index in [1.54, 1.807) is 48.2 Å². The highest BCUT2D eigenvalue weighted by molar-refractivity contribution is 8.00. The zero-order valence-electron chi connectivity index (χ0n) is 25.6. The number of thiazole rings is 1. The van der Waals surface area contributed by atoms with Crippen molar-refractivity contribution >= 4 is 86.2 Å². The minimum absolute atomic E-state index is 0.0163. The number of rotatable bonds is 6. The molecule has 0 spiro atoms. The molecule has 3 heterocycles. The van der Waals surface area contributed by atoms with E-state index >= 15 is 0 Å². The van der Waals surface area contributed by atoms with E-state index in [1.807, 2.05) is 48.5 Å². The van der Waals surface area contributed by atoms with E-state index in [0.717, 1.165) is 44.0 Å². The number of nitrogens with zero attached hydrogens (tertiary/aromatic N) is 1. The topological polar surface area (TPSA) is 109 Å². The number of hydrogen-bond acceptors (Lipinski definition) is 7. The van der Waals surface area contributed by atoms with E-state index in [4.69, 9.17) is 27.9 Å². The van der Waals surface area contributed by atoms with Crippen LogP contribution in [0.15, 0.2) is 94.7 Å². The fourth-order valence-electron chi connectivity index (χ4n) is 8.77. The first-order valence-electron chi connectivity index (χ1n) is 16.0. The van der Waals surface area contributed by atoms with E-state index in [0.29, 0.717) is 27.2 Å². The largest absolute Gasteiger partial charge is 0.483 e. The van der Waals surface area contributed by atoms with Crippen molar-refractivity contribution in [2.75, 3.05) is 16.8 Å². The minimum Gasteiger partial charge on any atom is -0.483 e. The molecular formula is C37H27Cl2N3O5S2. The summed E-state index contributed by atoms with van der Waals surface area (Å²) in [4.78, 5) is 59.1. The standard InChI is InChI=1S/C37H27Cl2N3O5S2/c38-18-8-11-20(12-9-18)42-35(44)30-23-15-24(31(30)36(42)45)32-29(23)28(33-34(48-32)41-37(46)49-33)22-14-19(39)10-13-26(22)47-16-27(43)40-25-7-3-5-17-4-1-2-6-21(17)25/h1-14,23-24,28-32H,15-16H2,(H,40,43)(H,41,46)/t23-,24-,28+,29-,30+,31+,32-/m1/s1. The van der Waals surface area contributed by atoms with Gasteiger partial charge in [0.25, 0.3) is 5.91 Å². The van der Waals surface area contributed by atoms with Gasteiger partial charge in [0, 0.05) is 42.7 Å². The highest BCUT2D eigenvalue weighted by Crippen LogP contribution is 2.69. The number of thioether (sulfide) groups is 1. The molecule has 2 N–H and O–H groups in total. The Bertz CT molecular complexity index is 2250. The Balaban J connectivity index is 1.05. The van der Waals surface area contributed by atoms with Crippen LogP contribution < -0.4 is 19.8 Å². The van der Waals surface area contributed by atoms with Gasteiger partial charge in [0.05, 0.1) is 22.5 Å². The molecule has 2 bridgehead atoms. The average molecular weight is 729 g/mol. The summed E-state index contributed by atoms with van der Waals surface area (Å²) in [6, 6.07) is 25.7. The molecule has 5 aromatic rings. The van der Waals surface area contributed by atoms with Gasteiger partial charge < -0.3 is 15.0 Å². The predicted octanol–water partition coefficient (Wildman–Crippen LogP) is 7.59. The molecule has 9 rings (SSSR count). The van der Waals surface area contributed by atoms with Crippen molar-refractivity contribution in [3.63, 3.8) is 0 Å². The molecule has 246 valence electrons. The third-order valence-corrected chi connectivity index (χ3v) is 13.6. The first-order valence-corrected chi connectivity index (χ1v) is 18.4. The van der Waals surface area contributed by atoms with Crippen LogP contribution in [0, 0.1) is 29.6 Å². The molecule has 2 saturated carbocycles. The van der Waals surface area contributed by atoms with Crippen LogP contribution in [-0.2, 0) is 14.4 Å². The smallest absolute Gasteiger partial charge is 0.305 e. The number of carbonyl (C=O) groups excluding carboxylic acids is 3. The third kappa shape index (κ3) is 4.94. The molecule has 1 saturated heterocycles. The third-order valence-electron chi connectivity index (χ3n) is 10.5. The van der Waals surface area contributed by atoms with Crippen LogP contribution in [0.5, 0.6) is 5.75 Å². The van der Waals surface area contributed by atoms with Gasteiger partial charge in [0.15, 0.2) is 6.61 Å². The zero-order valence-corrected chi connectivity index (χ0v) is 28.7. The number of benzene rings is 4. The molecule has 0 radical (unpaired) electrons. The summed E-state index contributed by atoms with van der Waals surface area (Å²) >= 11 is 15.5. The van der Waals surface area contributed by atoms with Crippen molar-refractivity contribution < 1.29 is 19.1 Å². The number of aromatic nitrogens is 1. The Labute approximate surface area is 298 Å². The molecule has 3 fully saturated rings. The summed E-state index contributed by atoms with van der Waals surface area (Å²) in [5.74, 6) is -1.64. The molecule has 4 aliphatic rings. The number of anilines is 2. The Morgan fingerprint density at radius 2 is 1.63 bits per heavy atom. The number of H-pyrrole nitrogens is 1. The monoisotopic (exact) mass is 727 g/mol. The van der Waals surface area contributed by atoms with Crippen molar-refractivity contribution in [1.29, 1.82) is 0 Å². The summed E-state index contributed by atoms with van der Waals surface area (Å²) in [5.41, 5.74) is 1.97. The molecule has 0 unspecified atom stereocenters. The summed E-state index contributed by atoms with van der Waals surface area (Å²) in [6.45, 7) is -0.247. The van der Waals surface area contributed by atoms with Crippen LogP contribution in [0.4, 0.5) is 11.4 Å². The van der Waals surface area contributed by atoms with Gasteiger partial charge in [-0.1, -0.05) is 70.9 Å². The SMILES string of the molecule is O=C(COc1ccc(Cl)cc1[C@@H]1c2sc(=O)[nH]c2S[C@@H]2[C@@H]3C[C@@H]([C@@H]4C(=O)N(c5ccc(Cl)cc5)C(=O)[C@@H]34)[C@H]12)Nc1cccc2ccccc12. The lowest BCUT2D eigenvalue weighted by atomic mass is 9.68. The van der Waals surface area contributed by atoms with Crippen molar-refractivity contribution in [2.45, 2.75) is 22.6 Å². The first kappa shape index (κ1) is 30.9. The zero-order chi connectivity index (χ0) is 33.6. The summed E-state index contributed by atoms with van der Waals surface area (Å²) in [5, 5.41) is 6.69. The fourth-order valence-corrected chi connectivity index (χ4v) is 12.0. The quantitative estimate of drug-likeness (QED) is 0.175. The van der Waals surface area contributed by atoms with Crippen LogP contribution in [0.3, 0.4) is 0 Å². The summed E-state index contributed by atoms with van der Waals surface area (Å²) < 4.78 is 6.25. The first-order chi connectivity index (χ1) is 23.8. The molecule has 2 aliphatic heterocycles. The van der Waals surface area contributed by atoms with E-state index in [9.17, 15) is 19.2 Å². The van der Waals surface area contributed by atoms with E-state index in [-0.39, 0.29) is 58.1 Å². The number of amides is 3. The van der Waals surface area contributed by atoms with E-state index < -0.39 is 11.8 Å². The highest BCUT2D eigenvalue weighted by atomic mass is 35.5. The average Bonchev–Trinajstić information content (AvgIpc) is 3.83. The molecule has 12 heteroatoms. The molecule has 7 atom stereocenters. The lowest BCUT2D eigenvalue weighted by Gasteiger charge is -2.43. The van der Waals surface area contributed by atoms with Gasteiger partial charge in [-0.05, 0) is 78.1 Å². The van der Waals surface area contributed by atoms with Crippen LogP contribution in [0.25, 0.3) is 10.8 Å². The Kier molecular flexibility index (Phi) is 7.42. The number of carbonyl (C=O) groups is 3.